The van der Waals surface area contributed by atoms with E-state index in [0.717, 1.165) is 29.7 Å². The van der Waals surface area contributed by atoms with Gasteiger partial charge in [0.05, 0.1) is 5.92 Å². The van der Waals surface area contributed by atoms with Crippen LogP contribution in [0.25, 0.3) is 11.4 Å². The number of anilines is 1. The number of urea groups is 1. The summed E-state index contributed by atoms with van der Waals surface area (Å²) in [6, 6.07) is 15.0. The Morgan fingerprint density at radius 2 is 2.00 bits per heavy atom. The van der Waals surface area contributed by atoms with E-state index < -0.39 is 0 Å². The Balaban J connectivity index is 1.44. The lowest BCUT2D eigenvalue weighted by Gasteiger charge is -2.31. The molecular weight excluding hydrogens is 376 g/mol. The lowest BCUT2D eigenvalue weighted by Crippen LogP contribution is -2.41. The number of nitrogens with zero attached hydrogens (tertiary/aromatic N) is 3. The molecule has 1 atom stereocenters. The molecule has 6 nitrogen and oxygen atoms in total. The summed E-state index contributed by atoms with van der Waals surface area (Å²) < 4.78 is 5.50. The lowest BCUT2D eigenvalue weighted by molar-refractivity contribution is 0.184. The number of carbonyl (C=O) groups is 1. The minimum absolute atomic E-state index is 0.0323. The summed E-state index contributed by atoms with van der Waals surface area (Å²) in [7, 11) is 0. The predicted molar refractivity (Wildman–Crippen MR) is 108 cm³/mol. The Morgan fingerprint density at radius 1 is 1.21 bits per heavy atom. The number of rotatable bonds is 3. The molecule has 1 aromatic heterocycles. The van der Waals surface area contributed by atoms with E-state index in [-0.39, 0.29) is 11.9 Å². The highest BCUT2D eigenvalue weighted by Crippen LogP contribution is 2.28. The number of aromatic nitrogens is 2. The highest BCUT2D eigenvalue weighted by molar-refractivity contribution is 6.30. The summed E-state index contributed by atoms with van der Waals surface area (Å²) in [4.78, 5) is 19.0. The SMILES string of the molecule is Cc1ccccc1NC(=O)N1CCCC(c2nc(-c3ccc(Cl)cc3)no2)C1. The molecule has 1 saturated heterocycles. The number of aryl methyl sites for hydroxylation is 1. The fourth-order valence-electron chi connectivity index (χ4n) is 3.39. The predicted octanol–water partition coefficient (Wildman–Crippen LogP) is 5.11. The first-order valence-electron chi connectivity index (χ1n) is 9.31. The number of benzene rings is 2. The van der Waals surface area contributed by atoms with Crippen LogP contribution in [-0.4, -0.2) is 34.2 Å². The highest BCUT2D eigenvalue weighted by Gasteiger charge is 2.29. The molecule has 4 rings (SSSR count). The van der Waals surface area contributed by atoms with Gasteiger partial charge in [0.15, 0.2) is 0 Å². The van der Waals surface area contributed by atoms with Crippen LogP contribution in [-0.2, 0) is 0 Å². The second-order valence-corrected chi connectivity index (χ2v) is 7.43. The average molecular weight is 397 g/mol. The number of para-hydroxylation sites is 1. The maximum atomic E-state index is 12.7. The molecule has 1 unspecified atom stereocenters. The van der Waals surface area contributed by atoms with Crippen LogP contribution in [0.3, 0.4) is 0 Å². The van der Waals surface area contributed by atoms with Gasteiger partial charge >= 0.3 is 6.03 Å². The van der Waals surface area contributed by atoms with Crippen LogP contribution in [0, 0.1) is 6.92 Å². The number of hydrogen-bond donors (Lipinski definition) is 1. The first-order valence-corrected chi connectivity index (χ1v) is 9.69. The van der Waals surface area contributed by atoms with E-state index in [1.54, 1.807) is 12.1 Å². The van der Waals surface area contributed by atoms with E-state index in [4.69, 9.17) is 16.1 Å². The molecule has 0 saturated carbocycles. The van der Waals surface area contributed by atoms with Crippen molar-refractivity contribution in [1.29, 1.82) is 0 Å². The largest absolute Gasteiger partial charge is 0.339 e. The zero-order chi connectivity index (χ0) is 19.5. The smallest absolute Gasteiger partial charge is 0.321 e. The van der Waals surface area contributed by atoms with Gasteiger partial charge in [0.1, 0.15) is 0 Å². The standard InChI is InChI=1S/C21H21ClN4O2/c1-14-5-2-3-7-18(14)23-21(27)26-12-4-6-16(13-26)20-24-19(25-28-20)15-8-10-17(22)11-9-15/h2-3,5,7-11,16H,4,6,12-13H2,1H3,(H,23,27). The van der Waals surface area contributed by atoms with Gasteiger partial charge < -0.3 is 14.7 Å². The van der Waals surface area contributed by atoms with Crippen molar-refractivity contribution < 1.29 is 9.32 Å². The lowest BCUT2D eigenvalue weighted by atomic mass is 9.98. The fraction of sp³-hybridized carbons (Fsp3) is 0.286. The van der Waals surface area contributed by atoms with Gasteiger partial charge in [-0.2, -0.15) is 4.98 Å². The van der Waals surface area contributed by atoms with Gasteiger partial charge in [0, 0.05) is 29.4 Å². The topological polar surface area (TPSA) is 71.3 Å². The van der Waals surface area contributed by atoms with Gasteiger partial charge in [-0.15, -0.1) is 0 Å². The number of halogens is 1. The van der Waals surface area contributed by atoms with E-state index in [2.05, 4.69) is 15.5 Å². The van der Waals surface area contributed by atoms with Gasteiger partial charge in [-0.25, -0.2) is 4.79 Å². The minimum Gasteiger partial charge on any atom is -0.339 e. The van der Waals surface area contributed by atoms with Gasteiger partial charge in [0.2, 0.25) is 11.7 Å². The molecule has 0 radical (unpaired) electrons. The maximum absolute atomic E-state index is 12.7. The Hall–Kier alpha value is -2.86. The van der Waals surface area contributed by atoms with Crippen molar-refractivity contribution in [1.82, 2.24) is 15.0 Å². The second kappa shape index (κ2) is 8.02. The van der Waals surface area contributed by atoms with Gasteiger partial charge in [0.25, 0.3) is 0 Å². The number of amides is 2. The molecule has 28 heavy (non-hydrogen) atoms. The number of likely N-dealkylation sites (tertiary alicyclic amines) is 1. The van der Waals surface area contributed by atoms with Crippen LogP contribution in [0.2, 0.25) is 5.02 Å². The molecule has 1 fully saturated rings. The van der Waals surface area contributed by atoms with E-state index in [9.17, 15) is 4.79 Å². The third-order valence-electron chi connectivity index (χ3n) is 4.99. The van der Waals surface area contributed by atoms with Gasteiger partial charge in [-0.1, -0.05) is 35.0 Å². The first-order chi connectivity index (χ1) is 13.6. The normalized spacial score (nSPS) is 16.8. The number of nitrogens with one attached hydrogen (secondary N) is 1. The van der Waals surface area contributed by atoms with Crippen LogP contribution >= 0.6 is 11.6 Å². The minimum atomic E-state index is -0.101. The van der Waals surface area contributed by atoms with Crippen molar-refractivity contribution in [2.45, 2.75) is 25.7 Å². The highest BCUT2D eigenvalue weighted by atomic mass is 35.5. The summed E-state index contributed by atoms with van der Waals surface area (Å²) in [5.41, 5.74) is 2.72. The van der Waals surface area contributed by atoms with Gasteiger partial charge in [-0.05, 0) is 55.7 Å². The monoisotopic (exact) mass is 396 g/mol. The molecule has 1 N–H and O–H groups in total. The summed E-state index contributed by atoms with van der Waals surface area (Å²) in [6.07, 6.45) is 1.81. The zero-order valence-electron chi connectivity index (χ0n) is 15.6. The number of piperidine rings is 1. The van der Waals surface area contributed by atoms with Crippen molar-refractivity contribution in [3.8, 4) is 11.4 Å². The van der Waals surface area contributed by atoms with Crippen molar-refractivity contribution >= 4 is 23.3 Å². The maximum Gasteiger partial charge on any atom is 0.321 e. The first kappa shape index (κ1) is 18.5. The molecule has 2 heterocycles. The van der Waals surface area contributed by atoms with E-state index in [1.165, 1.54) is 0 Å². The number of carbonyl (C=O) groups excluding carboxylic acids is 1. The van der Waals surface area contributed by atoms with Gasteiger partial charge in [-0.3, -0.25) is 0 Å². The summed E-state index contributed by atoms with van der Waals surface area (Å²) in [6.45, 7) is 3.25. The van der Waals surface area contributed by atoms with Crippen molar-refractivity contribution in [2.24, 2.45) is 0 Å². The van der Waals surface area contributed by atoms with E-state index in [1.807, 2.05) is 48.2 Å². The molecule has 2 amide bonds. The molecule has 2 aromatic carbocycles. The van der Waals surface area contributed by atoms with Crippen LogP contribution in [0.5, 0.6) is 0 Å². The third kappa shape index (κ3) is 4.02. The summed E-state index contributed by atoms with van der Waals surface area (Å²) in [5, 5.41) is 7.75. The van der Waals surface area contributed by atoms with Crippen molar-refractivity contribution in [3.63, 3.8) is 0 Å². The molecule has 7 heteroatoms. The Morgan fingerprint density at radius 3 is 2.79 bits per heavy atom. The average Bonchev–Trinajstić information content (AvgIpc) is 3.21. The van der Waals surface area contributed by atoms with Crippen molar-refractivity contribution in [2.75, 3.05) is 18.4 Å². The molecule has 144 valence electrons. The second-order valence-electron chi connectivity index (χ2n) is 6.99. The fourth-order valence-corrected chi connectivity index (χ4v) is 3.51. The summed E-state index contributed by atoms with van der Waals surface area (Å²) in [5.74, 6) is 1.14. The quantitative estimate of drug-likeness (QED) is 0.667. The molecule has 0 aliphatic carbocycles. The molecular formula is C21H21ClN4O2. The number of hydrogen-bond acceptors (Lipinski definition) is 4. The Bertz CT molecular complexity index is 971. The third-order valence-corrected chi connectivity index (χ3v) is 5.24. The van der Waals surface area contributed by atoms with E-state index in [0.29, 0.717) is 29.8 Å². The molecule has 1 aliphatic heterocycles. The molecule has 1 aliphatic rings. The summed E-state index contributed by atoms with van der Waals surface area (Å²) >= 11 is 5.93. The van der Waals surface area contributed by atoms with E-state index >= 15 is 0 Å². The zero-order valence-corrected chi connectivity index (χ0v) is 16.3. The Kier molecular flexibility index (Phi) is 5.30. The van der Waals surface area contributed by atoms with Crippen LogP contribution in [0.15, 0.2) is 53.1 Å². The molecule has 3 aromatic rings. The van der Waals surface area contributed by atoms with Crippen LogP contribution in [0.4, 0.5) is 10.5 Å². The van der Waals surface area contributed by atoms with Crippen LogP contribution in [0.1, 0.15) is 30.2 Å². The van der Waals surface area contributed by atoms with Crippen LogP contribution < -0.4 is 5.32 Å². The molecule has 0 spiro atoms. The molecule has 0 bridgehead atoms. The van der Waals surface area contributed by atoms with Crippen molar-refractivity contribution in [3.05, 3.63) is 65.0 Å². The Labute approximate surface area is 168 Å².